The van der Waals surface area contributed by atoms with Crippen LogP contribution in [0.1, 0.15) is 41.2 Å². The van der Waals surface area contributed by atoms with E-state index >= 15 is 0 Å². The van der Waals surface area contributed by atoms with E-state index in [-0.39, 0.29) is 30.5 Å². The fraction of sp³-hybridized carbons (Fsp3) is 0.258. The van der Waals surface area contributed by atoms with Crippen LogP contribution in [0.3, 0.4) is 0 Å². The van der Waals surface area contributed by atoms with Crippen LogP contribution in [0.15, 0.2) is 72.7 Å². The predicted octanol–water partition coefficient (Wildman–Crippen LogP) is 6.19. The molecule has 47 heavy (non-hydrogen) atoms. The third kappa shape index (κ3) is 9.52. The SMILES string of the molecule is C=C/C(=C\C=C/C)c1nc(CC(=O)Nc2nnc(N3CCC(c4ccc(NC(=O)Cc5cccc(OC(F)(F)F)c5)nn4)C3)s2)cs1. The average Bonchev–Trinajstić information content (AvgIpc) is 3.79. The number of allylic oxidation sites excluding steroid dienone is 5. The summed E-state index contributed by atoms with van der Waals surface area (Å²) in [4.78, 5) is 31.7. The summed E-state index contributed by atoms with van der Waals surface area (Å²) in [6.07, 6.45) is 3.37. The number of carbonyl (C=O) groups is 2. The predicted molar refractivity (Wildman–Crippen MR) is 174 cm³/mol. The molecule has 2 N–H and O–H groups in total. The number of hydrogen-bond donors (Lipinski definition) is 2. The molecule has 0 aliphatic carbocycles. The van der Waals surface area contributed by atoms with Gasteiger partial charge in [0, 0.05) is 30.0 Å². The molecule has 0 bridgehead atoms. The molecule has 0 radical (unpaired) electrons. The van der Waals surface area contributed by atoms with E-state index in [1.54, 1.807) is 18.2 Å². The number of rotatable bonds is 12. The number of thiazole rings is 1. The standard InChI is InChI=1S/C31H29F3N8O3S2/c1-3-5-8-20(4-2)28-35-22(18-46-28)16-27(44)37-29-40-41-30(47-29)42-13-12-21(17-42)24-10-11-25(39-38-24)36-26(43)15-19-7-6-9-23(14-19)45-31(32,33)34/h3-11,14,18,21H,2,12-13,15-17H2,1H3,(H,36,39,43)(H,37,40,44)/b5-3-,20-8+. The van der Waals surface area contributed by atoms with E-state index in [4.69, 9.17) is 0 Å². The molecule has 1 saturated heterocycles. The van der Waals surface area contributed by atoms with E-state index in [2.05, 4.69) is 52.2 Å². The highest BCUT2D eigenvalue weighted by atomic mass is 32.1. The van der Waals surface area contributed by atoms with Gasteiger partial charge in [-0.05, 0) is 43.2 Å². The van der Waals surface area contributed by atoms with E-state index in [0.29, 0.717) is 34.6 Å². The highest BCUT2D eigenvalue weighted by Crippen LogP contribution is 2.33. The molecule has 1 fully saturated rings. The van der Waals surface area contributed by atoms with Gasteiger partial charge in [-0.2, -0.15) is 5.10 Å². The Labute approximate surface area is 275 Å². The minimum atomic E-state index is -4.82. The molecular weight excluding hydrogens is 654 g/mol. The Morgan fingerprint density at radius 3 is 2.68 bits per heavy atom. The van der Waals surface area contributed by atoms with Gasteiger partial charge in [-0.25, -0.2) is 4.98 Å². The zero-order valence-electron chi connectivity index (χ0n) is 25.0. The lowest BCUT2D eigenvalue weighted by Crippen LogP contribution is -2.19. The number of nitrogens with one attached hydrogen (secondary N) is 2. The van der Waals surface area contributed by atoms with Crippen LogP contribution in [0.4, 0.5) is 29.3 Å². The lowest BCUT2D eigenvalue weighted by atomic mass is 10.1. The molecule has 4 aromatic rings. The molecule has 1 aliphatic rings. The van der Waals surface area contributed by atoms with E-state index in [9.17, 15) is 22.8 Å². The van der Waals surface area contributed by atoms with Crippen molar-refractivity contribution in [2.75, 3.05) is 28.6 Å². The summed E-state index contributed by atoms with van der Waals surface area (Å²) in [7, 11) is 0. The molecule has 0 spiro atoms. The van der Waals surface area contributed by atoms with Crippen LogP contribution in [-0.2, 0) is 22.4 Å². The molecular formula is C31H29F3N8O3S2. The monoisotopic (exact) mass is 682 g/mol. The summed E-state index contributed by atoms with van der Waals surface area (Å²) in [5, 5.41) is 25.9. The Balaban J connectivity index is 1.10. The van der Waals surface area contributed by atoms with Crippen molar-refractivity contribution in [1.29, 1.82) is 0 Å². The Hall–Kier alpha value is -4.96. The second-order valence-corrected chi connectivity index (χ2v) is 12.1. The topological polar surface area (TPSA) is 135 Å². The maximum Gasteiger partial charge on any atom is 0.573 e. The molecule has 1 unspecified atom stereocenters. The number of ether oxygens (including phenoxy) is 1. The molecule has 244 valence electrons. The van der Waals surface area contributed by atoms with Gasteiger partial charge < -0.3 is 20.3 Å². The van der Waals surface area contributed by atoms with Crippen molar-refractivity contribution in [1.82, 2.24) is 25.4 Å². The Morgan fingerprint density at radius 1 is 1.11 bits per heavy atom. The zero-order chi connectivity index (χ0) is 33.4. The molecule has 3 aromatic heterocycles. The summed E-state index contributed by atoms with van der Waals surface area (Å²) in [5.74, 6) is -0.817. The number of nitrogens with zero attached hydrogens (tertiary/aromatic N) is 6. The summed E-state index contributed by atoms with van der Waals surface area (Å²) in [5.41, 5.74) is 2.62. The van der Waals surface area contributed by atoms with Gasteiger partial charge in [0.2, 0.25) is 22.1 Å². The smallest absolute Gasteiger partial charge is 0.406 e. The van der Waals surface area contributed by atoms with Crippen molar-refractivity contribution in [2.24, 2.45) is 0 Å². The maximum atomic E-state index is 12.7. The fourth-order valence-corrected chi connectivity index (χ4v) is 6.33. The Morgan fingerprint density at radius 2 is 1.94 bits per heavy atom. The van der Waals surface area contributed by atoms with E-state index in [1.807, 2.05) is 30.5 Å². The van der Waals surface area contributed by atoms with Gasteiger partial charge in [-0.3, -0.25) is 9.59 Å². The first-order valence-electron chi connectivity index (χ1n) is 14.3. The highest BCUT2D eigenvalue weighted by Gasteiger charge is 2.31. The molecule has 1 atom stereocenters. The van der Waals surface area contributed by atoms with Crippen LogP contribution in [0, 0.1) is 0 Å². The average molecular weight is 683 g/mol. The molecule has 1 aromatic carbocycles. The quantitative estimate of drug-likeness (QED) is 0.168. The van der Waals surface area contributed by atoms with E-state index < -0.39 is 18.0 Å². The van der Waals surface area contributed by atoms with Crippen molar-refractivity contribution in [3.8, 4) is 5.75 Å². The largest absolute Gasteiger partial charge is 0.573 e. The minimum absolute atomic E-state index is 0.0618. The number of anilines is 3. The first kappa shape index (κ1) is 33.4. The number of halogens is 3. The molecule has 0 saturated carbocycles. The second kappa shape index (κ2) is 15.1. The van der Waals surface area contributed by atoms with Crippen molar-refractivity contribution < 1.29 is 27.5 Å². The van der Waals surface area contributed by atoms with Gasteiger partial charge in [0.05, 0.1) is 24.2 Å². The van der Waals surface area contributed by atoms with Crippen LogP contribution >= 0.6 is 22.7 Å². The van der Waals surface area contributed by atoms with Crippen LogP contribution in [0.5, 0.6) is 5.75 Å². The van der Waals surface area contributed by atoms with Gasteiger partial charge in [0.15, 0.2) is 5.82 Å². The van der Waals surface area contributed by atoms with Gasteiger partial charge in [-0.15, -0.1) is 39.8 Å². The normalized spacial score (nSPS) is 15.2. The Kier molecular flexibility index (Phi) is 10.7. The fourth-order valence-electron chi connectivity index (χ4n) is 4.70. The second-order valence-electron chi connectivity index (χ2n) is 10.3. The van der Waals surface area contributed by atoms with Gasteiger partial charge >= 0.3 is 6.36 Å². The number of alkyl halides is 3. The lowest BCUT2D eigenvalue weighted by molar-refractivity contribution is -0.274. The van der Waals surface area contributed by atoms with Crippen molar-refractivity contribution in [2.45, 2.75) is 38.5 Å². The maximum absolute atomic E-state index is 12.7. The molecule has 4 heterocycles. The summed E-state index contributed by atoms with van der Waals surface area (Å²) >= 11 is 2.73. The zero-order valence-corrected chi connectivity index (χ0v) is 26.7. The first-order valence-corrected chi connectivity index (χ1v) is 16.0. The van der Waals surface area contributed by atoms with Crippen molar-refractivity contribution in [3.63, 3.8) is 0 Å². The molecule has 11 nitrogen and oxygen atoms in total. The lowest BCUT2D eigenvalue weighted by Gasteiger charge is -2.14. The van der Waals surface area contributed by atoms with Crippen LogP contribution < -0.4 is 20.3 Å². The van der Waals surface area contributed by atoms with E-state index in [0.717, 1.165) is 34.8 Å². The molecule has 5 rings (SSSR count). The summed E-state index contributed by atoms with van der Waals surface area (Å²) < 4.78 is 41.4. The van der Waals surface area contributed by atoms with Crippen molar-refractivity contribution in [3.05, 3.63) is 94.6 Å². The number of aromatic nitrogens is 5. The number of amides is 2. The third-order valence-electron chi connectivity index (χ3n) is 6.82. The minimum Gasteiger partial charge on any atom is -0.406 e. The summed E-state index contributed by atoms with van der Waals surface area (Å²) in [6.45, 7) is 7.08. The van der Waals surface area contributed by atoms with Crippen LogP contribution in [0.25, 0.3) is 5.57 Å². The number of benzene rings is 1. The Bertz CT molecular complexity index is 1790. The first-order chi connectivity index (χ1) is 22.6. The summed E-state index contributed by atoms with van der Waals surface area (Å²) in [6, 6.07) is 8.64. The molecule has 16 heteroatoms. The number of carbonyl (C=O) groups excluding carboxylic acids is 2. The highest BCUT2D eigenvalue weighted by molar-refractivity contribution is 7.19. The van der Waals surface area contributed by atoms with Crippen LogP contribution in [0.2, 0.25) is 0 Å². The number of hydrogen-bond acceptors (Lipinski definition) is 11. The van der Waals surface area contributed by atoms with Gasteiger partial charge in [0.25, 0.3) is 0 Å². The molecule has 2 amide bonds. The van der Waals surface area contributed by atoms with Gasteiger partial charge in [-0.1, -0.05) is 54.4 Å². The van der Waals surface area contributed by atoms with E-state index in [1.165, 1.54) is 34.8 Å². The van der Waals surface area contributed by atoms with Crippen LogP contribution in [-0.4, -0.2) is 56.6 Å². The van der Waals surface area contributed by atoms with Crippen molar-refractivity contribution >= 4 is 56.1 Å². The molecule has 1 aliphatic heterocycles. The van der Waals surface area contributed by atoms with Gasteiger partial charge in [0.1, 0.15) is 10.8 Å². The third-order valence-corrected chi connectivity index (χ3v) is 8.66.